The Balaban J connectivity index is 2.39. The third-order valence-electron chi connectivity index (χ3n) is 3.09. The molecule has 3 nitrogen and oxygen atoms in total. The topological polar surface area (TPSA) is 40.5 Å². The van der Waals surface area contributed by atoms with Gasteiger partial charge in [0.15, 0.2) is 0 Å². The van der Waals surface area contributed by atoms with E-state index < -0.39 is 0 Å². The molecule has 2 aromatic carbocycles. The maximum absolute atomic E-state index is 12.8. The van der Waals surface area contributed by atoms with E-state index in [9.17, 15) is 4.79 Å². The first-order valence-electron chi connectivity index (χ1n) is 6.83. The number of rotatable bonds is 3. The van der Waals surface area contributed by atoms with Crippen molar-refractivity contribution in [3.8, 4) is 11.8 Å². The number of amides is 1. The van der Waals surface area contributed by atoms with Crippen molar-refractivity contribution in [2.45, 2.75) is 6.92 Å². The van der Waals surface area contributed by atoms with Crippen LogP contribution in [0.5, 0.6) is 0 Å². The molecule has 0 heterocycles. The summed E-state index contributed by atoms with van der Waals surface area (Å²) in [4.78, 5) is 14.5. The highest BCUT2D eigenvalue weighted by molar-refractivity contribution is 6.07. The first-order valence-corrected chi connectivity index (χ1v) is 6.83. The van der Waals surface area contributed by atoms with Crippen molar-refractivity contribution in [3.05, 3.63) is 65.7 Å². The summed E-state index contributed by atoms with van der Waals surface area (Å²) in [6.45, 7) is 2.29. The number of carbonyl (C=O) groups is 1. The number of benzene rings is 2. The van der Waals surface area contributed by atoms with Gasteiger partial charge in [-0.2, -0.15) is 0 Å². The molecule has 0 saturated heterocycles. The van der Waals surface area contributed by atoms with Gasteiger partial charge in [0.05, 0.1) is 5.56 Å². The predicted octanol–water partition coefficient (Wildman–Crippen LogP) is 2.70. The van der Waals surface area contributed by atoms with Crippen molar-refractivity contribution in [3.63, 3.8) is 0 Å². The van der Waals surface area contributed by atoms with Gasteiger partial charge in [0, 0.05) is 17.8 Å². The van der Waals surface area contributed by atoms with Crippen LogP contribution < -0.4 is 4.90 Å². The third-order valence-corrected chi connectivity index (χ3v) is 3.09. The minimum absolute atomic E-state index is 0.0912. The minimum Gasteiger partial charge on any atom is -0.384 e. The molecule has 0 spiro atoms. The van der Waals surface area contributed by atoms with E-state index in [4.69, 9.17) is 5.11 Å². The number of hydrogen-bond donors (Lipinski definition) is 1. The highest BCUT2D eigenvalue weighted by atomic mass is 16.2. The molecule has 0 fully saturated rings. The lowest BCUT2D eigenvalue weighted by Crippen LogP contribution is -2.31. The molecule has 106 valence electrons. The lowest BCUT2D eigenvalue weighted by Gasteiger charge is -2.21. The normalized spacial score (nSPS) is 9.62. The summed E-state index contributed by atoms with van der Waals surface area (Å²) < 4.78 is 0. The van der Waals surface area contributed by atoms with Gasteiger partial charge in [0.2, 0.25) is 0 Å². The maximum atomic E-state index is 12.8. The molecule has 0 aliphatic carbocycles. The Bertz CT molecular complexity index is 668. The van der Waals surface area contributed by atoms with E-state index >= 15 is 0 Å². The van der Waals surface area contributed by atoms with E-state index in [1.807, 2.05) is 49.4 Å². The molecule has 3 heteroatoms. The lowest BCUT2D eigenvalue weighted by atomic mass is 10.1. The Labute approximate surface area is 124 Å². The van der Waals surface area contributed by atoms with Gasteiger partial charge < -0.3 is 10.0 Å². The molecule has 0 bridgehead atoms. The molecule has 2 aromatic rings. The van der Waals surface area contributed by atoms with Gasteiger partial charge >= 0.3 is 0 Å². The van der Waals surface area contributed by atoms with Gasteiger partial charge in [-0.3, -0.25) is 4.79 Å². The van der Waals surface area contributed by atoms with Crippen LogP contribution in [0.4, 0.5) is 5.69 Å². The van der Waals surface area contributed by atoms with Gasteiger partial charge in [-0.1, -0.05) is 42.2 Å². The molecular weight excluding hydrogens is 262 g/mol. The van der Waals surface area contributed by atoms with E-state index in [1.165, 1.54) is 0 Å². The summed E-state index contributed by atoms with van der Waals surface area (Å²) in [5.74, 6) is 5.33. The van der Waals surface area contributed by atoms with Gasteiger partial charge in [0.25, 0.3) is 5.91 Å². The number of aliphatic hydroxyl groups is 1. The van der Waals surface area contributed by atoms with Crippen LogP contribution in [0.1, 0.15) is 22.8 Å². The molecule has 0 saturated carbocycles. The van der Waals surface area contributed by atoms with Crippen molar-refractivity contribution in [1.29, 1.82) is 0 Å². The lowest BCUT2D eigenvalue weighted by molar-refractivity contribution is 0.0988. The SMILES string of the molecule is CCN(C(=O)c1ccccc1C#CCO)c1ccccc1. The van der Waals surface area contributed by atoms with E-state index in [-0.39, 0.29) is 12.5 Å². The number of hydrogen-bond acceptors (Lipinski definition) is 2. The first kappa shape index (κ1) is 14.8. The van der Waals surface area contributed by atoms with Crippen LogP contribution in [0.25, 0.3) is 0 Å². The fourth-order valence-electron chi connectivity index (χ4n) is 2.11. The van der Waals surface area contributed by atoms with Crippen LogP contribution in [0.2, 0.25) is 0 Å². The summed E-state index contributed by atoms with van der Waals surface area (Å²) in [6.07, 6.45) is 0. The number of carbonyl (C=O) groups excluding carboxylic acids is 1. The van der Waals surface area contributed by atoms with Crippen molar-refractivity contribution in [2.75, 3.05) is 18.1 Å². The van der Waals surface area contributed by atoms with E-state index in [0.717, 1.165) is 5.69 Å². The summed E-state index contributed by atoms with van der Waals surface area (Å²) in [5, 5.41) is 8.82. The molecule has 0 atom stereocenters. The highest BCUT2D eigenvalue weighted by Crippen LogP contribution is 2.18. The Hall–Kier alpha value is -2.57. The summed E-state index contributed by atoms with van der Waals surface area (Å²) in [6, 6.07) is 16.7. The zero-order chi connectivity index (χ0) is 15.1. The first-order chi connectivity index (χ1) is 10.3. The molecule has 1 N–H and O–H groups in total. The summed E-state index contributed by atoms with van der Waals surface area (Å²) >= 11 is 0. The highest BCUT2D eigenvalue weighted by Gasteiger charge is 2.18. The predicted molar refractivity (Wildman–Crippen MR) is 84.2 cm³/mol. The van der Waals surface area contributed by atoms with Crippen LogP contribution >= 0.6 is 0 Å². The zero-order valence-corrected chi connectivity index (χ0v) is 11.9. The zero-order valence-electron chi connectivity index (χ0n) is 11.9. The average molecular weight is 279 g/mol. The Morgan fingerprint density at radius 2 is 1.76 bits per heavy atom. The van der Waals surface area contributed by atoms with Crippen LogP contribution in [0.15, 0.2) is 54.6 Å². The Morgan fingerprint density at radius 3 is 2.43 bits per heavy atom. The number of para-hydroxylation sites is 1. The molecule has 0 radical (unpaired) electrons. The maximum Gasteiger partial charge on any atom is 0.259 e. The Morgan fingerprint density at radius 1 is 1.10 bits per heavy atom. The molecule has 2 rings (SSSR count). The number of nitrogens with zero attached hydrogens (tertiary/aromatic N) is 1. The molecule has 21 heavy (non-hydrogen) atoms. The molecule has 0 unspecified atom stereocenters. The molecular formula is C18H17NO2. The third kappa shape index (κ3) is 3.50. The minimum atomic E-state index is -0.224. The fraction of sp³-hybridized carbons (Fsp3) is 0.167. The number of aliphatic hydroxyl groups excluding tert-OH is 1. The van der Waals surface area contributed by atoms with Gasteiger partial charge in [-0.25, -0.2) is 0 Å². The van der Waals surface area contributed by atoms with Crippen molar-refractivity contribution in [1.82, 2.24) is 0 Å². The van der Waals surface area contributed by atoms with Crippen LogP contribution in [0, 0.1) is 11.8 Å². The molecule has 0 aromatic heterocycles. The largest absolute Gasteiger partial charge is 0.384 e. The second kappa shape index (κ2) is 7.28. The van der Waals surface area contributed by atoms with Crippen LogP contribution in [-0.2, 0) is 0 Å². The molecule has 1 amide bonds. The van der Waals surface area contributed by atoms with Crippen LogP contribution in [-0.4, -0.2) is 24.2 Å². The van der Waals surface area contributed by atoms with E-state index in [2.05, 4.69) is 11.8 Å². The molecule has 0 aliphatic heterocycles. The average Bonchev–Trinajstić information content (AvgIpc) is 2.55. The second-order valence-electron chi connectivity index (χ2n) is 4.39. The summed E-state index contributed by atoms with van der Waals surface area (Å²) in [7, 11) is 0. The fourth-order valence-corrected chi connectivity index (χ4v) is 2.11. The Kier molecular flexibility index (Phi) is 5.14. The smallest absolute Gasteiger partial charge is 0.259 e. The van der Waals surface area contributed by atoms with E-state index in [0.29, 0.717) is 17.7 Å². The van der Waals surface area contributed by atoms with E-state index in [1.54, 1.807) is 17.0 Å². The monoisotopic (exact) mass is 279 g/mol. The van der Waals surface area contributed by atoms with Gasteiger partial charge in [-0.15, -0.1) is 0 Å². The van der Waals surface area contributed by atoms with Crippen molar-refractivity contribution < 1.29 is 9.90 Å². The van der Waals surface area contributed by atoms with Gasteiger partial charge in [-0.05, 0) is 31.2 Å². The standard InChI is InChI=1S/C18H17NO2/c1-2-19(16-11-4-3-5-12-16)18(21)17-13-7-6-9-15(17)10-8-14-20/h3-7,9,11-13,20H,2,14H2,1H3. The van der Waals surface area contributed by atoms with Crippen LogP contribution in [0.3, 0.4) is 0 Å². The van der Waals surface area contributed by atoms with Crippen molar-refractivity contribution >= 4 is 11.6 Å². The quantitative estimate of drug-likeness (QED) is 0.878. The van der Waals surface area contributed by atoms with Gasteiger partial charge in [0.1, 0.15) is 6.61 Å². The number of anilines is 1. The second-order valence-corrected chi connectivity index (χ2v) is 4.39. The van der Waals surface area contributed by atoms with Crippen molar-refractivity contribution in [2.24, 2.45) is 0 Å². The summed E-state index contributed by atoms with van der Waals surface area (Å²) in [5.41, 5.74) is 2.03. The molecule has 0 aliphatic rings.